The Bertz CT molecular complexity index is 859. The van der Waals surface area contributed by atoms with Crippen LogP contribution in [0.5, 0.6) is 0 Å². The van der Waals surface area contributed by atoms with Gasteiger partial charge in [-0.15, -0.1) is 0 Å². The molecule has 4 nitrogen and oxygen atoms in total. The van der Waals surface area contributed by atoms with Crippen molar-refractivity contribution in [1.82, 2.24) is 19.5 Å². The van der Waals surface area contributed by atoms with Gasteiger partial charge in [-0.05, 0) is 36.6 Å². The first-order valence-electron chi connectivity index (χ1n) is 7.94. The van der Waals surface area contributed by atoms with Crippen LogP contribution in [0, 0.1) is 12.8 Å². The molecule has 3 aromatic heterocycles. The lowest BCUT2D eigenvalue weighted by Crippen LogP contribution is -2.01. The number of nitrogens with zero attached hydrogens (tertiary/aromatic N) is 4. The lowest BCUT2D eigenvalue weighted by Gasteiger charge is -2.09. The van der Waals surface area contributed by atoms with Gasteiger partial charge in [-0.25, -0.2) is 9.97 Å². The topological polar surface area (TPSA) is 43.6 Å². The molecule has 0 saturated carbocycles. The van der Waals surface area contributed by atoms with E-state index >= 15 is 0 Å². The Morgan fingerprint density at radius 3 is 2.78 bits per heavy atom. The standard InChI is InChI=1S/C19H22N4/c1-13(2)5-8-16-15(7-6-14(3)22-16)11-18-19-17(20-12-21-18)9-10-23(19)4/h5-10,12-13H,11H2,1-4H3/b8-5-. The molecule has 0 fully saturated rings. The minimum Gasteiger partial charge on any atom is -0.348 e. The highest BCUT2D eigenvalue weighted by Gasteiger charge is 2.10. The van der Waals surface area contributed by atoms with Crippen LogP contribution in [0.25, 0.3) is 17.1 Å². The molecule has 0 unspecified atom stereocenters. The number of aromatic nitrogens is 4. The van der Waals surface area contributed by atoms with E-state index in [4.69, 9.17) is 4.98 Å². The second-order valence-corrected chi connectivity index (χ2v) is 6.26. The quantitative estimate of drug-likeness (QED) is 0.733. The second-order valence-electron chi connectivity index (χ2n) is 6.26. The van der Waals surface area contributed by atoms with Crippen LogP contribution in [-0.2, 0) is 13.5 Å². The number of aryl methyl sites for hydroxylation is 2. The van der Waals surface area contributed by atoms with E-state index in [1.165, 1.54) is 5.56 Å². The van der Waals surface area contributed by atoms with Crippen molar-refractivity contribution < 1.29 is 0 Å². The summed E-state index contributed by atoms with van der Waals surface area (Å²) in [6.07, 6.45) is 8.72. The van der Waals surface area contributed by atoms with Crippen molar-refractivity contribution in [2.75, 3.05) is 0 Å². The highest BCUT2D eigenvalue weighted by atomic mass is 15.0. The third-order valence-electron chi connectivity index (χ3n) is 3.88. The molecule has 3 rings (SSSR count). The van der Waals surface area contributed by atoms with Gasteiger partial charge in [0.2, 0.25) is 0 Å². The van der Waals surface area contributed by atoms with Crippen molar-refractivity contribution in [3.63, 3.8) is 0 Å². The maximum Gasteiger partial charge on any atom is 0.116 e. The Morgan fingerprint density at radius 2 is 2.00 bits per heavy atom. The van der Waals surface area contributed by atoms with Crippen LogP contribution in [0.4, 0.5) is 0 Å². The van der Waals surface area contributed by atoms with Crippen LogP contribution < -0.4 is 0 Å². The van der Waals surface area contributed by atoms with E-state index in [0.717, 1.165) is 34.5 Å². The van der Waals surface area contributed by atoms with Crippen molar-refractivity contribution in [2.45, 2.75) is 27.2 Å². The Morgan fingerprint density at radius 1 is 1.17 bits per heavy atom. The van der Waals surface area contributed by atoms with Crippen LogP contribution in [-0.4, -0.2) is 19.5 Å². The lowest BCUT2D eigenvalue weighted by molar-refractivity contribution is 0.835. The van der Waals surface area contributed by atoms with Gasteiger partial charge in [-0.1, -0.05) is 26.0 Å². The first-order chi connectivity index (χ1) is 11.0. The fourth-order valence-electron chi connectivity index (χ4n) is 2.69. The molecule has 0 N–H and O–H groups in total. The molecule has 0 aliphatic heterocycles. The average molecular weight is 306 g/mol. The normalized spacial score (nSPS) is 11.9. The molecule has 4 heteroatoms. The summed E-state index contributed by atoms with van der Waals surface area (Å²) in [6, 6.07) is 6.23. The van der Waals surface area contributed by atoms with Crippen molar-refractivity contribution in [1.29, 1.82) is 0 Å². The van der Waals surface area contributed by atoms with E-state index in [1.807, 2.05) is 26.2 Å². The minimum absolute atomic E-state index is 0.504. The van der Waals surface area contributed by atoms with Crippen LogP contribution in [0.15, 0.2) is 36.8 Å². The number of pyridine rings is 1. The van der Waals surface area contributed by atoms with Gasteiger partial charge >= 0.3 is 0 Å². The molecule has 3 aromatic rings. The molecule has 0 spiro atoms. The van der Waals surface area contributed by atoms with Crippen molar-refractivity contribution in [3.05, 3.63) is 59.4 Å². The molecule has 118 valence electrons. The Hall–Kier alpha value is -2.49. The number of hydrogen-bond acceptors (Lipinski definition) is 3. The molecule has 0 atom stereocenters. The van der Waals surface area contributed by atoms with Gasteiger partial charge in [0.25, 0.3) is 0 Å². The monoisotopic (exact) mass is 306 g/mol. The highest BCUT2D eigenvalue weighted by Crippen LogP contribution is 2.20. The van der Waals surface area contributed by atoms with Gasteiger partial charge in [0.05, 0.1) is 22.4 Å². The Kier molecular flexibility index (Phi) is 4.24. The highest BCUT2D eigenvalue weighted by molar-refractivity contribution is 5.78. The van der Waals surface area contributed by atoms with Gasteiger partial charge < -0.3 is 4.57 Å². The molecule has 0 radical (unpaired) electrons. The molecule has 0 aliphatic carbocycles. The first-order valence-corrected chi connectivity index (χ1v) is 7.94. The van der Waals surface area contributed by atoms with Crippen LogP contribution in [0.1, 0.15) is 36.5 Å². The van der Waals surface area contributed by atoms with Gasteiger partial charge in [0.1, 0.15) is 6.33 Å². The third kappa shape index (κ3) is 3.31. The molecule has 0 aromatic carbocycles. The molecule has 0 saturated heterocycles. The summed E-state index contributed by atoms with van der Waals surface area (Å²) < 4.78 is 2.08. The van der Waals surface area contributed by atoms with Crippen molar-refractivity contribution in [2.24, 2.45) is 13.0 Å². The molecule has 3 heterocycles. The second kappa shape index (κ2) is 6.32. The molecule has 23 heavy (non-hydrogen) atoms. The molecular formula is C19H22N4. The summed E-state index contributed by atoms with van der Waals surface area (Å²) in [5, 5.41) is 0. The number of fused-ring (bicyclic) bond motifs is 1. The minimum atomic E-state index is 0.504. The first kappa shape index (κ1) is 15.4. The molecule has 0 bridgehead atoms. The number of hydrogen-bond donors (Lipinski definition) is 0. The fraction of sp³-hybridized carbons (Fsp3) is 0.316. The predicted octanol–water partition coefficient (Wildman–Crippen LogP) is 3.93. The lowest BCUT2D eigenvalue weighted by atomic mass is 10.0. The zero-order chi connectivity index (χ0) is 16.4. The largest absolute Gasteiger partial charge is 0.348 e. The van der Waals surface area contributed by atoms with Crippen LogP contribution in [0.3, 0.4) is 0 Å². The van der Waals surface area contributed by atoms with E-state index in [2.05, 4.69) is 52.7 Å². The van der Waals surface area contributed by atoms with Gasteiger partial charge in [0.15, 0.2) is 0 Å². The predicted molar refractivity (Wildman–Crippen MR) is 94.2 cm³/mol. The van der Waals surface area contributed by atoms with E-state index in [0.29, 0.717) is 5.92 Å². The van der Waals surface area contributed by atoms with Gasteiger partial charge in [0, 0.05) is 25.4 Å². The number of allylic oxidation sites excluding steroid dienone is 1. The van der Waals surface area contributed by atoms with Gasteiger partial charge in [-0.3, -0.25) is 4.98 Å². The Labute approximate surface area is 136 Å². The third-order valence-corrected chi connectivity index (χ3v) is 3.88. The summed E-state index contributed by atoms with van der Waals surface area (Å²) in [5.41, 5.74) is 6.35. The zero-order valence-corrected chi connectivity index (χ0v) is 14.1. The average Bonchev–Trinajstić information content (AvgIpc) is 2.90. The number of rotatable bonds is 4. The van der Waals surface area contributed by atoms with Gasteiger partial charge in [-0.2, -0.15) is 0 Å². The smallest absolute Gasteiger partial charge is 0.116 e. The van der Waals surface area contributed by atoms with E-state index in [-0.39, 0.29) is 0 Å². The molecule has 0 amide bonds. The van der Waals surface area contributed by atoms with Crippen LogP contribution in [0.2, 0.25) is 0 Å². The van der Waals surface area contributed by atoms with Crippen LogP contribution >= 0.6 is 0 Å². The SMILES string of the molecule is Cc1ccc(Cc2ncnc3ccn(C)c23)c(/C=C\C(C)C)n1. The fourth-order valence-corrected chi connectivity index (χ4v) is 2.69. The van der Waals surface area contributed by atoms with Crippen molar-refractivity contribution >= 4 is 17.1 Å². The summed E-state index contributed by atoms with van der Waals surface area (Å²) >= 11 is 0. The molecular weight excluding hydrogens is 284 g/mol. The summed E-state index contributed by atoms with van der Waals surface area (Å²) in [6.45, 7) is 6.37. The maximum absolute atomic E-state index is 4.69. The van der Waals surface area contributed by atoms with Crippen molar-refractivity contribution in [3.8, 4) is 0 Å². The summed E-state index contributed by atoms with van der Waals surface area (Å²) in [4.78, 5) is 13.5. The molecule has 0 aliphatic rings. The maximum atomic E-state index is 4.69. The van der Waals surface area contributed by atoms with E-state index in [9.17, 15) is 0 Å². The van der Waals surface area contributed by atoms with E-state index in [1.54, 1.807) is 6.33 Å². The van der Waals surface area contributed by atoms with E-state index < -0.39 is 0 Å². The zero-order valence-electron chi connectivity index (χ0n) is 14.1. The summed E-state index contributed by atoms with van der Waals surface area (Å²) in [5.74, 6) is 0.504. The summed E-state index contributed by atoms with van der Waals surface area (Å²) in [7, 11) is 2.03. The Balaban J connectivity index is 2.03.